The van der Waals surface area contributed by atoms with Crippen molar-refractivity contribution < 1.29 is 17.6 Å². The molecule has 1 rings (SSSR count). The molecule has 0 amide bonds. The highest BCUT2D eigenvalue weighted by Crippen LogP contribution is 2.17. The van der Waals surface area contributed by atoms with Crippen LogP contribution >= 0.6 is 0 Å². The number of aryl methyl sites for hydroxylation is 1. The molecule has 0 radical (unpaired) electrons. The topological polar surface area (TPSA) is 52.6 Å². The van der Waals surface area contributed by atoms with Crippen molar-refractivity contribution in [2.75, 3.05) is 0 Å². The van der Waals surface area contributed by atoms with Crippen molar-refractivity contribution in [3.63, 3.8) is 0 Å². The molecule has 16 heavy (non-hydrogen) atoms. The largest absolute Gasteiger partial charge is 0.323 e. The van der Waals surface area contributed by atoms with E-state index in [-0.39, 0.29) is 4.90 Å². The normalized spacial score (nSPS) is 12.8. The van der Waals surface area contributed by atoms with Crippen molar-refractivity contribution in [2.24, 2.45) is 0 Å². The summed E-state index contributed by atoms with van der Waals surface area (Å²) in [7, 11) is -3.83. The lowest BCUT2D eigenvalue weighted by Crippen LogP contribution is -2.22. The van der Waals surface area contributed by atoms with Gasteiger partial charge in [-0.1, -0.05) is 17.7 Å². The molecular formula is C11H16O4S. The van der Waals surface area contributed by atoms with Gasteiger partial charge >= 0.3 is 10.1 Å². The van der Waals surface area contributed by atoms with Crippen LogP contribution in [0, 0.1) is 6.92 Å². The molecule has 0 saturated heterocycles. The van der Waals surface area contributed by atoms with Gasteiger partial charge in [-0.15, -0.1) is 4.33 Å². The maximum absolute atomic E-state index is 11.6. The van der Waals surface area contributed by atoms with E-state index in [2.05, 4.69) is 4.33 Å². The van der Waals surface area contributed by atoms with E-state index in [9.17, 15) is 8.42 Å². The third-order valence-electron chi connectivity index (χ3n) is 1.68. The quantitative estimate of drug-likeness (QED) is 0.605. The van der Waals surface area contributed by atoms with Gasteiger partial charge in [-0.05, 0) is 39.8 Å². The molecule has 0 N–H and O–H groups in total. The summed E-state index contributed by atoms with van der Waals surface area (Å²) in [5.41, 5.74) is 0.313. The van der Waals surface area contributed by atoms with E-state index in [0.29, 0.717) is 0 Å². The van der Waals surface area contributed by atoms with Crippen molar-refractivity contribution in [1.29, 1.82) is 0 Å². The molecular weight excluding hydrogens is 228 g/mol. The minimum atomic E-state index is -3.83. The van der Waals surface area contributed by atoms with Gasteiger partial charge in [0, 0.05) is 0 Å². The summed E-state index contributed by atoms with van der Waals surface area (Å²) in [5, 5.41) is 0. The zero-order valence-corrected chi connectivity index (χ0v) is 10.7. The Bertz CT molecular complexity index is 440. The molecule has 0 aliphatic rings. The highest BCUT2D eigenvalue weighted by Gasteiger charge is 2.21. The Morgan fingerprint density at radius 3 is 2.00 bits per heavy atom. The van der Waals surface area contributed by atoms with E-state index in [1.165, 1.54) is 12.1 Å². The van der Waals surface area contributed by atoms with Gasteiger partial charge in [0.25, 0.3) is 0 Å². The summed E-state index contributed by atoms with van der Waals surface area (Å²) in [6.07, 6.45) is 0. The zero-order chi connectivity index (χ0) is 12.4. The molecule has 0 aromatic heterocycles. The Hall–Kier alpha value is -0.910. The Labute approximate surface area is 96.2 Å². The van der Waals surface area contributed by atoms with Crippen molar-refractivity contribution >= 4 is 10.1 Å². The monoisotopic (exact) mass is 244 g/mol. The molecule has 0 heterocycles. The Morgan fingerprint density at radius 2 is 1.56 bits per heavy atom. The van der Waals surface area contributed by atoms with Crippen molar-refractivity contribution in [1.82, 2.24) is 0 Å². The predicted molar refractivity (Wildman–Crippen MR) is 60.3 cm³/mol. The molecule has 1 aromatic rings. The maximum atomic E-state index is 11.6. The van der Waals surface area contributed by atoms with Gasteiger partial charge in [-0.2, -0.15) is 8.42 Å². The Morgan fingerprint density at radius 1 is 1.06 bits per heavy atom. The second-order valence-corrected chi connectivity index (χ2v) is 6.05. The standard InChI is InChI=1S/C11H16O4S/c1-9-5-7-10(8-6-9)16(12,13)15-14-11(2,3)4/h5-8H,1-4H3. The first-order valence-corrected chi connectivity index (χ1v) is 6.30. The van der Waals surface area contributed by atoms with Gasteiger partial charge in [0.15, 0.2) is 0 Å². The van der Waals surface area contributed by atoms with Crippen molar-refractivity contribution in [2.45, 2.75) is 38.2 Å². The van der Waals surface area contributed by atoms with Crippen molar-refractivity contribution in [3.8, 4) is 0 Å². The molecule has 4 nitrogen and oxygen atoms in total. The van der Waals surface area contributed by atoms with Crippen LogP contribution in [-0.2, 0) is 19.3 Å². The SMILES string of the molecule is Cc1ccc(S(=O)(=O)OOC(C)(C)C)cc1. The maximum Gasteiger partial charge on any atom is 0.323 e. The van der Waals surface area contributed by atoms with E-state index in [1.807, 2.05) is 6.92 Å². The summed E-state index contributed by atoms with van der Waals surface area (Å²) >= 11 is 0. The molecule has 0 spiro atoms. The van der Waals surface area contributed by atoms with E-state index < -0.39 is 15.7 Å². The van der Waals surface area contributed by atoms with Crippen LogP contribution in [0.5, 0.6) is 0 Å². The van der Waals surface area contributed by atoms with E-state index in [1.54, 1.807) is 32.9 Å². The average Bonchev–Trinajstić information content (AvgIpc) is 2.15. The lowest BCUT2D eigenvalue weighted by molar-refractivity contribution is -0.270. The smallest absolute Gasteiger partial charge is 0.214 e. The molecule has 0 fully saturated rings. The number of hydrogen-bond acceptors (Lipinski definition) is 4. The highest BCUT2D eigenvalue weighted by molar-refractivity contribution is 7.86. The summed E-state index contributed by atoms with van der Waals surface area (Å²) in [6, 6.07) is 6.37. The predicted octanol–water partition coefficient (Wildman–Crippen LogP) is 2.43. The molecule has 0 bridgehead atoms. The Balaban J connectivity index is 2.83. The third kappa shape index (κ3) is 3.92. The lowest BCUT2D eigenvalue weighted by Gasteiger charge is -2.16. The minimum absolute atomic E-state index is 0.0855. The third-order valence-corrected chi connectivity index (χ3v) is 2.78. The molecule has 1 aromatic carbocycles. The average molecular weight is 244 g/mol. The van der Waals surface area contributed by atoms with E-state index >= 15 is 0 Å². The van der Waals surface area contributed by atoms with E-state index in [0.717, 1.165) is 5.56 Å². The number of rotatable bonds is 3. The lowest BCUT2D eigenvalue weighted by atomic mass is 10.2. The van der Waals surface area contributed by atoms with Gasteiger partial charge in [0.05, 0.1) is 10.5 Å². The fourth-order valence-electron chi connectivity index (χ4n) is 0.891. The second-order valence-electron chi connectivity index (χ2n) is 4.53. The first-order valence-electron chi connectivity index (χ1n) is 4.90. The van der Waals surface area contributed by atoms with Crippen LogP contribution < -0.4 is 0 Å². The number of benzene rings is 1. The van der Waals surface area contributed by atoms with Crippen LogP contribution in [0.3, 0.4) is 0 Å². The molecule has 90 valence electrons. The summed E-state index contributed by atoms with van der Waals surface area (Å²) in [6.45, 7) is 7.00. The summed E-state index contributed by atoms with van der Waals surface area (Å²) < 4.78 is 27.8. The first-order chi connectivity index (χ1) is 7.21. The summed E-state index contributed by atoms with van der Waals surface area (Å²) in [5.74, 6) is 0. The van der Waals surface area contributed by atoms with Crippen LogP contribution in [0.15, 0.2) is 29.2 Å². The highest BCUT2D eigenvalue weighted by atomic mass is 32.2. The molecule has 0 aliphatic carbocycles. The fraction of sp³-hybridized carbons (Fsp3) is 0.455. The van der Waals surface area contributed by atoms with Gasteiger partial charge in [-0.3, -0.25) is 0 Å². The van der Waals surface area contributed by atoms with Crippen LogP contribution in [0.25, 0.3) is 0 Å². The molecule has 0 unspecified atom stereocenters. The Kier molecular flexibility index (Phi) is 3.72. The van der Waals surface area contributed by atoms with Gasteiger partial charge in [0.2, 0.25) is 0 Å². The molecule has 5 heteroatoms. The van der Waals surface area contributed by atoms with Gasteiger partial charge < -0.3 is 0 Å². The minimum Gasteiger partial charge on any atom is -0.214 e. The number of hydrogen-bond donors (Lipinski definition) is 0. The summed E-state index contributed by atoms with van der Waals surface area (Å²) in [4.78, 5) is 4.88. The van der Waals surface area contributed by atoms with Crippen LogP contribution in [0.2, 0.25) is 0 Å². The fourth-order valence-corrected chi connectivity index (χ4v) is 1.73. The van der Waals surface area contributed by atoms with Gasteiger partial charge in [-0.25, -0.2) is 4.89 Å². The molecule has 0 saturated carbocycles. The molecule has 0 aliphatic heterocycles. The van der Waals surface area contributed by atoms with Crippen LogP contribution in [-0.4, -0.2) is 14.0 Å². The molecule has 0 atom stereocenters. The van der Waals surface area contributed by atoms with Crippen LogP contribution in [0.4, 0.5) is 0 Å². The van der Waals surface area contributed by atoms with Crippen LogP contribution in [0.1, 0.15) is 26.3 Å². The second kappa shape index (κ2) is 4.53. The van der Waals surface area contributed by atoms with Crippen molar-refractivity contribution in [3.05, 3.63) is 29.8 Å². The van der Waals surface area contributed by atoms with E-state index in [4.69, 9.17) is 4.89 Å². The van der Waals surface area contributed by atoms with Gasteiger partial charge in [0.1, 0.15) is 0 Å². The first kappa shape index (κ1) is 13.2. The zero-order valence-electron chi connectivity index (χ0n) is 9.85.